The Labute approximate surface area is 162 Å². The molecule has 138 valence electrons. The predicted octanol–water partition coefficient (Wildman–Crippen LogP) is 4.15. The van der Waals surface area contributed by atoms with Gasteiger partial charge in [0.25, 0.3) is 0 Å². The van der Waals surface area contributed by atoms with E-state index in [-0.39, 0.29) is 30.2 Å². The molecule has 1 aliphatic heterocycles. The summed E-state index contributed by atoms with van der Waals surface area (Å²) in [7, 11) is 0. The van der Waals surface area contributed by atoms with E-state index < -0.39 is 0 Å². The number of nitrogens with one attached hydrogen (secondary N) is 1. The van der Waals surface area contributed by atoms with Crippen LogP contribution in [0.3, 0.4) is 0 Å². The van der Waals surface area contributed by atoms with Gasteiger partial charge in [0.2, 0.25) is 11.8 Å². The van der Waals surface area contributed by atoms with Crippen LogP contribution in [-0.4, -0.2) is 28.2 Å². The van der Waals surface area contributed by atoms with Crippen molar-refractivity contribution in [2.24, 2.45) is 5.92 Å². The third-order valence-corrected chi connectivity index (χ3v) is 6.07. The van der Waals surface area contributed by atoms with E-state index in [1.54, 1.807) is 4.90 Å². The van der Waals surface area contributed by atoms with Crippen LogP contribution in [0.15, 0.2) is 48.5 Å². The number of likely N-dealkylation sites (tertiary alicyclic amines) is 1. The molecule has 1 aromatic heterocycles. The molecule has 0 unspecified atom stereocenters. The maximum atomic E-state index is 12.7. The first kappa shape index (κ1) is 17.7. The number of carbonyl (C=O) groups excluding carboxylic acids is 2. The van der Waals surface area contributed by atoms with Gasteiger partial charge in [-0.3, -0.25) is 9.59 Å². The Hall–Kier alpha value is -2.73. The zero-order valence-electron chi connectivity index (χ0n) is 15.3. The van der Waals surface area contributed by atoms with E-state index in [1.165, 1.54) is 11.3 Å². The number of para-hydroxylation sites is 1. The average Bonchev–Trinajstić information content (AvgIpc) is 3.26. The molecule has 0 spiro atoms. The van der Waals surface area contributed by atoms with E-state index in [9.17, 15) is 9.59 Å². The first-order chi connectivity index (χ1) is 13.0. The monoisotopic (exact) mass is 379 g/mol. The average molecular weight is 379 g/mol. The highest BCUT2D eigenvalue weighted by Gasteiger charge is 2.37. The zero-order valence-corrected chi connectivity index (χ0v) is 16.1. The molecule has 2 aromatic carbocycles. The van der Waals surface area contributed by atoms with Crippen LogP contribution >= 0.6 is 11.3 Å². The standard InChI is InChI=1S/C21H21N3O2S/c1-13-7-6-10-17-19(13)22-21(27-17)23-20(26)16-11-18(25)24(12-16)14(2)15-8-4-3-5-9-15/h3-10,14,16H,11-12H2,1-2H3,(H,22,23,26)/t14-,16-/m0/s1. The molecule has 4 rings (SSSR count). The minimum absolute atomic E-state index is 0.0200. The number of aryl methyl sites for hydroxylation is 1. The quantitative estimate of drug-likeness (QED) is 0.741. The summed E-state index contributed by atoms with van der Waals surface area (Å²) < 4.78 is 1.05. The Morgan fingerprint density at radius 2 is 2.00 bits per heavy atom. The number of fused-ring (bicyclic) bond motifs is 1. The lowest BCUT2D eigenvalue weighted by Gasteiger charge is -2.25. The van der Waals surface area contributed by atoms with E-state index in [4.69, 9.17) is 0 Å². The molecule has 0 bridgehead atoms. The van der Waals surface area contributed by atoms with Gasteiger partial charge in [-0.05, 0) is 31.0 Å². The number of rotatable bonds is 4. The third kappa shape index (κ3) is 3.45. The van der Waals surface area contributed by atoms with Gasteiger partial charge in [-0.15, -0.1) is 0 Å². The Morgan fingerprint density at radius 1 is 1.22 bits per heavy atom. The molecule has 2 atom stereocenters. The Balaban J connectivity index is 1.46. The fourth-order valence-corrected chi connectivity index (χ4v) is 4.49. The molecular weight excluding hydrogens is 358 g/mol. The van der Waals surface area contributed by atoms with Crippen molar-refractivity contribution in [3.8, 4) is 0 Å². The summed E-state index contributed by atoms with van der Waals surface area (Å²) in [6.07, 6.45) is 0.243. The summed E-state index contributed by atoms with van der Waals surface area (Å²) in [5, 5.41) is 3.50. The first-order valence-electron chi connectivity index (χ1n) is 9.04. The van der Waals surface area contributed by atoms with Crippen LogP contribution in [0.25, 0.3) is 10.2 Å². The van der Waals surface area contributed by atoms with Gasteiger partial charge in [0.1, 0.15) is 0 Å². The maximum Gasteiger partial charge on any atom is 0.231 e. The largest absolute Gasteiger partial charge is 0.335 e. The van der Waals surface area contributed by atoms with E-state index in [0.29, 0.717) is 11.7 Å². The molecular formula is C21H21N3O2S. The van der Waals surface area contributed by atoms with Gasteiger partial charge in [0.05, 0.1) is 22.2 Å². The predicted molar refractivity (Wildman–Crippen MR) is 108 cm³/mol. The molecule has 0 aliphatic carbocycles. The highest BCUT2D eigenvalue weighted by atomic mass is 32.1. The Kier molecular flexibility index (Phi) is 4.66. The van der Waals surface area contributed by atoms with Gasteiger partial charge in [0.15, 0.2) is 5.13 Å². The summed E-state index contributed by atoms with van der Waals surface area (Å²) >= 11 is 1.46. The van der Waals surface area contributed by atoms with Crippen LogP contribution in [-0.2, 0) is 9.59 Å². The number of hydrogen-bond donors (Lipinski definition) is 1. The van der Waals surface area contributed by atoms with Gasteiger partial charge in [-0.25, -0.2) is 4.98 Å². The SMILES string of the molecule is Cc1cccc2sc(NC(=O)[C@H]3CC(=O)N([C@@H](C)c4ccccc4)C3)nc12. The number of anilines is 1. The van der Waals surface area contributed by atoms with Gasteiger partial charge in [0, 0.05) is 13.0 Å². The lowest BCUT2D eigenvalue weighted by molar-refractivity contribution is -0.129. The molecule has 1 fully saturated rings. The molecule has 0 radical (unpaired) electrons. The van der Waals surface area contributed by atoms with Crippen LogP contribution in [0.2, 0.25) is 0 Å². The van der Waals surface area contributed by atoms with Crippen LogP contribution in [0, 0.1) is 12.8 Å². The van der Waals surface area contributed by atoms with Gasteiger partial charge in [-0.2, -0.15) is 0 Å². The van der Waals surface area contributed by atoms with Crippen molar-refractivity contribution in [2.75, 3.05) is 11.9 Å². The number of hydrogen-bond acceptors (Lipinski definition) is 4. The number of carbonyl (C=O) groups is 2. The van der Waals surface area contributed by atoms with Crippen molar-refractivity contribution < 1.29 is 9.59 Å². The van der Waals surface area contributed by atoms with Crippen LogP contribution in [0.5, 0.6) is 0 Å². The minimum Gasteiger partial charge on any atom is -0.335 e. The molecule has 6 heteroatoms. The smallest absolute Gasteiger partial charge is 0.231 e. The van der Waals surface area contributed by atoms with E-state index in [2.05, 4.69) is 10.3 Å². The summed E-state index contributed by atoms with van der Waals surface area (Å²) in [6.45, 7) is 4.45. The number of amides is 2. The molecule has 3 aromatic rings. The Morgan fingerprint density at radius 3 is 2.74 bits per heavy atom. The van der Waals surface area contributed by atoms with Crippen molar-refractivity contribution in [2.45, 2.75) is 26.3 Å². The van der Waals surface area contributed by atoms with Gasteiger partial charge >= 0.3 is 0 Å². The van der Waals surface area contributed by atoms with Crippen molar-refractivity contribution in [1.82, 2.24) is 9.88 Å². The van der Waals surface area contributed by atoms with Crippen molar-refractivity contribution in [1.29, 1.82) is 0 Å². The number of aromatic nitrogens is 1. The van der Waals surface area contributed by atoms with E-state index in [1.807, 2.05) is 62.4 Å². The molecule has 0 saturated carbocycles. The van der Waals surface area contributed by atoms with Gasteiger partial charge < -0.3 is 10.2 Å². The number of nitrogens with zero attached hydrogens (tertiary/aromatic N) is 2. The number of benzene rings is 2. The highest BCUT2D eigenvalue weighted by molar-refractivity contribution is 7.22. The van der Waals surface area contributed by atoms with E-state index >= 15 is 0 Å². The lowest BCUT2D eigenvalue weighted by atomic mass is 10.1. The molecule has 27 heavy (non-hydrogen) atoms. The summed E-state index contributed by atoms with van der Waals surface area (Å²) in [5.41, 5.74) is 3.08. The summed E-state index contributed by atoms with van der Waals surface area (Å²) in [4.78, 5) is 31.5. The Bertz CT molecular complexity index is 999. The molecule has 1 N–H and O–H groups in total. The second-order valence-corrected chi connectivity index (χ2v) is 7.99. The summed E-state index contributed by atoms with van der Waals surface area (Å²) in [6, 6.07) is 15.9. The topological polar surface area (TPSA) is 62.3 Å². The molecule has 2 heterocycles. The number of thiazole rings is 1. The van der Waals surface area contributed by atoms with Crippen LogP contribution in [0.1, 0.15) is 30.5 Å². The van der Waals surface area contributed by atoms with Crippen molar-refractivity contribution in [3.63, 3.8) is 0 Å². The molecule has 1 saturated heterocycles. The highest BCUT2D eigenvalue weighted by Crippen LogP contribution is 2.31. The molecule has 1 aliphatic rings. The molecule has 5 nitrogen and oxygen atoms in total. The summed E-state index contributed by atoms with van der Waals surface area (Å²) in [5.74, 6) is -0.466. The van der Waals surface area contributed by atoms with Crippen molar-refractivity contribution in [3.05, 3.63) is 59.7 Å². The lowest BCUT2D eigenvalue weighted by Crippen LogP contribution is -2.30. The normalized spacial score (nSPS) is 18.1. The maximum absolute atomic E-state index is 12.7. The van der Waals surface area contributed by atoms with Gasteiger partial charge in [-0.1, -0.05) is 53.8 Å². The zero-order chi connectivity index (χ0) is 19.0. The van der Waals surface area contributed by atoms with E-state index in [0.717, 1.165) is 21.3 Å². The second-order valence-electron chi connectivity index (χ2n) is 6.96. The van der Waals surface area contributed by atoms with Crippen molar-refractivity contribution >= 4 is 38.5 Å². The first-order valence-corrected chi connectivity index (χ1v) is 9.86. The molecule has 2 amide bonds. The van der Waals surface area contributed by atoms with Crippen LogP contribution in [0.4, 0.5) is 5.13 Å². The second kappa shape index (κ2) is 7.12. The minimum atomic E-state index is -0.350. The third-order valence-electron chi connectivity index (χ3n) is 5.13. The fraction of sp³-hybridized carbons (Fsp3) is 0.286. The fourth-order valence-electron chi connectivity index (χ4n) is 3.54. The van der Waals surface area contributed by atoms with Crippen LogP contribution < -0.4 is 5.32 Å².